The van der Waals surface area contributed by atoms with E-state index < -0.39 is 0 Å². The van der Waals surface area contributed by atoms with Gasteiger partial charge in [-0.1, -0.05) is 19.8 Å². The van der Waals surface area contributed by atoms with Crippen molar-refractivity contribution >= 4 is 0 Å². The van der Waals surface area contributed by atoms with E-state index in [9.17, 15) is 0 Å². The third-order valence-electron chi connectivity index (χ3n) is 3.70. The molecule has 0 amide bonds. The van der Waals surface area contributed by atoms with Crippen LogP contribution in [0.3, 0.4) is 0 Å². The van der Waals surface area contributed by atoms with Gasteiger partial charge in [-0.2, -0.15) is 0 Å². The van der Waals surface area contributed by atoms with Gasteiger partial charge in [-0.3, -0.25) is 0 Å². The molecule has 0 aliphatic heterocycles. The van der Waals surface area contributed by atoms with Crippen LogP contribution in [0.4, 0.5) is 0 Å². The molecule has 0 bridgehead atoms. The van der Waals surface area contributed by atoms with Crippen LogP contribution in [0.2, 0.25) is 0 Å². The highest BCUT2D eigenvalue weighted by atomic mass is 14.9. The smallest absolute Gasteiger partial charge is 0.0220 e. The van der Waals surface area contributed by atoms with E-state index in [0.717, 1.165) is 18.4 Å². The maximum Gasteiger partial charge on any atom is 0.0220 e. The first kappa shape index (κ1) is 11.7. The van der Waals surface area contributed by atoms with E-state index in [-0.39, 0.29) is 0 Å². The molecule has 2 unspecified atom stereocenters. The van der Waals surface area contributed by atoms with Gasteiger partial charge in [-0.25, -0.2) is 0 Å². The third kappa shape index (κ3) is 3.38. The van der Waals surface area contributed by atoms with E-state index in [0.29, 0.717) is 0 Å². The molecule has 1 N–H and O–H groups in total. The Balaban J connectivity index is 1.67. The molecule has 2 heteroatoms. The van der Waals surface area contributed by atoms with Crippen molar-refractivity contribution in [2.75, 3.05) is 6.54 Å². The zero-order chi connectivity index (χ0) is 11.4. The summed E-state index contributed by atoms with van der Waals surface area (Å²) in [5.74, 6) is 1.85. The van der Waals surface area contributed by atoms with Crippen molar-refractivity contribution in [1.29, 1.82) is 0 Å². The molecule has 0 radical (unpaired) electrons. The Hall–Kier alpha value is -0.760. The van der Waals surface area contributed by atoms with Crippen molar-refractivity contribution in [3.05, 3.63) is 24.0 Å². The molecule has 16 heavy (non-hydrogen) atoms. The van der Waals surface area contributed by atoms with Crippen molar-refractivity contribution in [1.82, 2.24) is 9.88 Å². The monoisotopic (exact) mass is 220 g/mol. The molecule has 1 aromatic heterocycles. The molecule has 2 atom stereocenters. The maximum atomic E-state index is 3.59. The van der Waals surface area contributed by atoms with E-state index in [1.165, 1.54) is 37.8 Å². The molecule has 90 valence electrons. The van der Waals surface area contributed by atoms with E-state index in [4.69, 9.17) is 0 Å². The topological polar surface area (TPSA) is 17.0 Å². The normalized spacial score (nSPS) is 25.9. The highest BCUT2D eigenvalue weighted by Gasteiger charge is 2.18. The van der Waals surface area contributed by atoms with Crippen LogP contribution in [-0.2, 0) is 13.6 Å². The van der Waals surface area contributed by atoms with Crippen molar-refractivity contribution in [2.24, 2.45) is 18.9 Å². The van der Waals surface area contributed by atoms with Crippen LogP contribution >= 0.6 is 0 Å². The highest BCUT2D eigenvalue weighted by molar-refractivity contribution is 5.09. The van der Waals surface area contributed by atoms with Crippen molar-refractivity contribution in [3.63, 3.8) is 0 Å². The van der Waals surface area contributed by atoms with Gasteiger partial charge in [0.1, 0.15) is 0 Å². The molecule has 1 heterocycles. The van der Waals surface area contributed by atoms with Crippen molar-refractivity contribution < 1.29 is 0 Å². The Bertz CT molecular complexity index is 316. The second-order valence-electron chi connectivity index (χ2n) is 5.45. The van der Waals surface area contributed by atoms with E-state index in [1.54, 1.807) is 0 Å². The highest BCUT2D eigenvalue weighted by Crippen LogP contribution is 2.27. The third-order valence-corrected chi connectivity index (χ3v) is 3.70. The van der Waals surface area contributed by atoms with Crippen LogP contribution in [0.15, 0.2) is 18.5 Å². The number of nitrogens with one attached hydrogen (secondary N) is 1. The van der Waals surface area contributed by atoms with Gasteiger partial charge >= 0.3 is 0 Å². The zero-order valence-electron chi connectivity index (χ0n) is 10.6. The number of rotatable bonds is 4. The lowest BCUT2D eigenvalue weighted by molar-refractivity contribution is 0.274. The molecular weight excluding hydrogens is 196 g/mol. The predicted octanol–water partition coefficient (Wildman–Crippen LogP) is 2.94. The molecule has 1 saturated carbocycles. The summed E-state index contributed by atoms with van der Waals surface area (Å²) in [7, 11) is 2.08. The van der Waals surface area contributed by atoms with Gasteiger partial charge in [-0.15, -0.1) is 0 Å². The molecule has 0 spiro atoms. The zero-order valence-corrected chi connectivity index (χ0v) is 10.6. The van der Waals surface area contributed by atoms with Crippen LogP contribution in [0.5, 0.6) is 0 Å². The summed E-state index contributed by atoms with van der Waals surface area (Å²) < 4.78 is 2.11. The Labute approximate surface area is 99.0 Å². The van der Waals surface area contributed by atoms with Gasteiger partial charge in [0.2, 0.25) is 0 Å². The SMILES string of the molecule is CC1CCCC(CNCc2ccn(C)c2)C1. The second-order valence-corrected chi connectivity index (χ2v) is 5.45. The summed E-state index contributed by atoms with van der Waals surface area (Å²) in [4.78, 5) is 0. The van der Waals surface area contributed by atoms with E-state index >= 15 is 0 Å². The largest absolute Gasteiger partial charge is 0.357 e. The fourth-order valence-electron chi connectivity index (χ4n) is 2.83. The summed E-state index contributed by atoms with van der Waals surface area (Å²) in [6.07, 6.45) is 10.0. The second kappa shape index (κ2) is 5.53. The summed E-state index contributed by atoms with van der Waals surface area (Å²) in [5, 5.41) is 3.59. The van der Waals surface area contributed by atoms with Gasteiger partial charge in [0.15, 0.2) is 0 Å². The number of aryl methyl sites for hydroxylation is 1. The number of aromatic nitrogens is 1. The first-order valence-electron chi connectivity index (χ1n) is 6.55. The molecule has 1 fully saturated rings. The minimum absolute atomic E-state index is 0.910. The van der Waals surface area contributed by atoms with Gasteiger partial charge in [-0.05, 0) is 42.9 Å². The van der Waals surface area contributed by atoms with E-state index in [2.05, 4.69) is 42.3 Å². The number of nitrogens with zero attached hydrogens (tertiary/aromatic N) is 1. The summed E-state index contributed by atoms with van der Waals surface area (Å²) >= 11 is 0. The molecule has 2 nitrogen and oxygen atoms in total. The molecule has 2 rings (SSSR count). The van der Waals surface area contributed by atoms with Crippen LogP contribution in [0, 0.1) is 11.8 Å². The molecular formula is C14H24N2. The molecule has 0 aromatic carbocycles. The minimum atomic E-state index is 0.910. The van der Waals surface area contributed by atoms with Gasteiger partial charge < -0.3 is 9.88 Å². The lowest BCUT2D eigenvalue weighted by Crippen LogP contribution is -2.26. The van der Waals surface area contributed by atoms with Crippen LogP contribution < -0.4 is 5.32 Å². The average Bonchev–Trinajstić information content (AvgIpc) is 2.64. The molecule has 1 aliphatic rings. The molecule has 1 aromatic rings. The maximum absolute atomic E-state index is 3.59. The van der Waals surface area contributed by atoms with Crippen molar-refractivity contribution in [2.45, 2.75) is 39.2 Å². The number of hydrogen-bond donors (Lipinski definition) is 1. The lowest BCUT2D eigenvalue weighted by Gasteiger charge is -2.26. The van der Waals surface area contributed by atoms with Gasteiger partial charge in [0.25, 0.3) is 0 Å². The van der Waals surface area contributed by atoms with Crippen molar-refractivity contribution in [3.8, 4) is 0 Å². The Morgan fingerprint density at radius 1 is 1.44 bits per heavy atom. The summed E-state index contributed by atoms with van der Waals surface area (Å²) in [6, 6.07) is 2.19. The fraction of sp³-hybridized carbons (Fsp3) is 0.714. The van der Waals surface area contributed by atoms with E-state index in [1.807, 2.05) is 0 Å². The Morgan fingerprint density at radius 3 is 3.00 bits per heavy atom. The number of hydrogen-bond acceptors (Lipinski definition) is 1. The predicted molar refractivity (Wildman–Crippen MR) is 68.2 cm³/mol. The first-order chi connectivity index (χ1) is 7.74. The standard InChI is InChI=1S/C14H24N2/c1-12-4-3-5-13(8-12)9-15-10-14-6-7-16(2)11-14/h6-7,11-13,15H,3-5,8-10H2,1-2H3. The quantitative estimate of drug-likeness (QED) is 0.825. The Morgan fingerprint density at radius 2 is 2.31 bits per heavy atom. The summed E-state index contributed by atoms with van der Waals surface area (Å²) in [6.45, 7) is 4.61. The van der Waals surface area contributed by atoms with Gasteiger partial charge in [0, 0.05) is 26.0 Å². The molecule has 0 saturated heterocycles. The summed E-state index contributed by atoms with van der Waals surface area (Å²) in [5.41, 5.74) is 1.39. The van der Waals surface area contributed by atoms with Crippen LogP contribution in [-0.4, -0.2) is 11.1 Å². The lowest BCUT2D eigenvalue weighted by atomic mass is 9.82. The molecule has 1 aliphatic carbocycles. The minimum Gasteiger partial charge on any atom is -0.357 e. The fourth-order valence-corrected chi connectivity index (χ4v) is 2.83. The Kier molecular flexibility index (Phi) is 4.05. The van der Waals surface area contributed by atoms with Crippen LogP contribution in [0.25, 0.3) is 0 Å². The van der Waals surface area contributed by atoms with Gasteiger partial charge in [0.05, 0.1) is 0 Å². The van der Waals surface area contributed by atoms with Crippen LogP contribution in [0.1, 0.15) is 38.2 Å². The average molecular weight is 220 g/mol. The first-order valence-corrected chi connectivity index (χ1v) is 6.55.